The Hall–Kier alpha value is -3.29. The van der Waals surface area contributed by atoms with Crippen molar-refractivity contribution < 1.29 is 28.2 Å². The van der Waals surface area contributed by atoms with E-state index in [1.54, 1.807) is 18.2 Å². The molecule has 0 saturated carbocycles. The number of carbonyl (C=O) groups is 2. The molecule has 0 atom stereocenters. The average Bonchev–Trinajstić information content (AvgIpc) is 2.59. The molecule has 0 bridgehead atoms. The second-order valence-corrected chi connectivity index (χ2v) is 4.93. The fraction of sp³-hybridized carbons (Fsp3) is 0.176. The fourth-order valence-electron chi connectivity index (χ4n) is 2.04. The van der Waals surface area contributed by atoms with Crippen molar-refractivity contribution in [1.82, 2.24) is 0 Å². The van der Waals surface area contributed by atoms with E-state index in [9.17, 15) is 14.0 Å². The Kier molecular flexibility index (Phi) is 5.78. The molecule has 2 aromatic rings. The van der Waals surface area contributed by atoms with E-state index < -0.39 is 24.3 Å². The van der Waals surface area contributed by atoms with Gasteiger partial charge in [-0.05, 0) is 30.3 Å². The van der Waals surface area contributed by atoms with Gasteiger partial charge in [-0.1, -0.05) is 0 Å². The summed E-state index contributed by atoms with van der Waals surface area (Å²) >= 11 is 0. The standard InChI is InChI=1S/C17H17FN2O5/c1-23-14-6-4-11(8-15(14)24-2)20-16(21)9-25-17(22)12-5-3-10(18)7-13(12)19/h3-8H,9,19H2,1-2H3,(H,20,21). The summed E-state index contributed by atoms with van der Waals surface area (Å²) in [6, 6.07) is 8.07. The molecule has 0 aromatic heterocycles. The minimum absolute atomic E-state index is 0.0136. The molecular formula is C17H17FN2O5. The van der Waals surface area contributed by atoms with Gasteiger partial charge >= 0.3 is 5.97 Å². The van der Waals surface area contributed by atoms with E-state index in [1.807, 2.05) is 0 Å². The van der Waals surface area contributed by atoms with Crippen molar-refractivity contribution in [2.24, 2.45) is 0 Å². The number of methoxy groups -OCH3 is 2. The molecule has 25 heavy (non-hydrogen) atoms. The van der Waals surface area contributed by atoms with Crippen LogP contribution in [0.3, 0.4) is 0 Å². The molecule has 1 amide bonds. The Balaban J connectivity index is 1.95. The lowest BCUT2D eigenvalue weighted by Gasteiger charge is -2.11. The fourth-order valence-corrected chi connectivity index (χ4v) is 2.04. The minimum atomic E-state index is -0.819. The maximum absolute atomic E-state index is 13.0. The number of esters is 1. The topological polar surface area (TPSA) is 99.9 Å². The number of hydrogen-bond donors (Lipinski definition) is 2. The minimum Gasteiger partial charge on any atom is -0.493 e. The van der Waals surface area contributed by atoms with Gasteiger partial charge in [0.2, 0.25) is 0 Å². The van der Waals surface area contributed by atoms with Crippen LogP contribution in [0.2, 0.25) is 0 Å². The number of hydrogen-bond acceptors (Lipinski definition) is 6. The highest BCUT2D eigenvalue weighted by Crippen LogP contribution is 2.29. The predicted octanol–water partition coefficient (Wildman–Crippen LogP) is 2.22. The number of amides is 1. The van der Waals surface area contributed by atoms with Gasteiger partial charge in [0.15, 0.2) is 18.1 Å². The summed E-state index contributed by atoms with van der Waals surface area (Å²) in [6.45, 7) is -0.524. The normalized spacial score (nSPS) is 10.0. The van der Waals surface area contributed by atoms with Gasteiger partial charge in [0, 0.05) is 17.4 Å². The van der Waals surface area contributed by atoms with Gasteiger partial charge in [0.25, 0.3) is 5.91 Å². The summed E-state index contributed by atoms with van der Waals surface area (Å²) in [5.41, 5.74) is 5.91. The van der Waals surface area contributed by atoms with Gasteiger partial charge in [-0.2, -0.15) is 0 Å². The summed E-state index contributed by atoms with van der Waals surface area (Å²) < 4.78 is 28.1. The van der Waals surface area contributed by atoms with Crippen LogP contribution in [0.25, 0.3) is 0 Å². The first-order valence-electron chi connectivity index (χ1n) is 7.18. The number of nitrogens with two attached hydrogens (primary N) is 1. The number of nitrogen functional groups attached to an aromatic ring is 1. The highest BCUT2D eigenvalue weighted by molar-refractivity contribution is 5.98. The lowest BCUT2D eigenvalue weighted by atomic mass is 10.2. The molecular weight excluding hydrogens is 331 g/mol. The first-order chi connectivity index (χ1) is 11.9. The molecule has 0 heterocycles. The number of carbonyl (C=O) groups excluding carboxylic acids is 2. The lowest BCUT2D eigenvalue weighted by molar-refractivity contribution is -0.119. The van der Waals surface area contributed by atoms with Crippen molar-refractivity contribution in [2.75, 3.05) is 31.9 Å². The average molecular weight is 348 g/mol. The third-order valence-electron chi connectivity index (χ3n) is 3.24. The van der Waals surface area contributed by atoms with E-state index in [1.165, 1.54) is 20.3 Å². The molecule has 2 rings (SSSR count). The highest BCUT2D eigenvalue weighted by Gasteiger charge is 2.14. The van der Waals surface area contributed by atoms with Gasteiger partial charge in [-0.15, -0.1) is 0 Å². The van der Waals surface area contributed by atoms with E-state index in [0.29, 0.717) is 17.2 Å². The molecule has 2 aromatic carbocycles. The molecule has 3 N–H and O–H groups in total. The van der Waals surface area contributed by atoms with Crippen molar-refractivity contribution in [3.8, 4) is 11.5 Å². The molecule has 8 heteroatoms. The zero-order valence-corrected chi connectivity index (χ0v) is 13.7. The summed E-state index contributed by atoms with van der Waals surface area (Å²) in [6.07, 6.45) is 0. The molecule has 0 radical (unpaired) electrons. The van der Waals surface area contributed by atoms with Crippen LogP contribution in [0.1, 0.15) is 10.4 Å². The predicted molar refractivity (Wildman–Crippen MR) is 89.3 cm³/mol. The second kappa shape index (κ2) is 8.00. The van der Waals surface area contributed by atoms with Crippen LogP contribution < -0.4 is 20.5 Å². The van der Waals surface area contributed by atoms with Gasteiger partial charge in [-0.3, -0.25) is 4.79 Å². The largest absolute Gasteiger partial charge is 0.493 e. The van der Waals surface area contributed by atoms with Crippen LogP contribution in [0, 0.1) is 5.82 Å². The number of benzene rings is 2. The van der Waals surface area contributed by atoms with Crippen molar-refractivity contribution in [1.29, 1.82) is 0 Å². The zero-order chi connectivity index (χ0) is 18.4. The molecule has 0 aliphatic carbocycles. The summed E-state index contributed by atoms with van der Waals surface area (Å²) in [7, 11) is 2.97. The van der Waals surface area contributed by atoms with Crippen LogP contribution in [0.4, 0.5) is 15.8 Å². The van der Waals surface area contributed by atoms with E-state index in [-0.39, 0.29) is 11.3 Å². The maximum atomic E-state index is 13.0. The van der Waals surface area contributed by atoms with E-state index in [2.05, 4.69) is 5.32 Å². The van der Waals surface area contributed by atoms with Gasteiger partial charge < -0.3 is 25.3 Å². The maximum Gasteiger partial charge on any atom is 0.340 e. The quantitative estimate of drug-likeness (QED) is 0.613. The number of halogens is 1. The number of ether oxygens (including phenoxy) is 3. The van der Waals surface area contributed by atoms with Crippen molar-refractivity contribution >= 4 is 23.3 Å². The molecule has 0 saturated heterocycles. The van der Waals surface area contributed by atoms with Gasteiger partial charge in [0.05, 0.1) is 19.8 Å². The van der Waals surface area contributed by atoms with E-state index in [4.69, 9.17) is 19.9 Å². The zero-order valence-electron chi connectivity index (χ0n) is 13.7. The summed E-state index contributed by atoms with van der Waals surface area (Å²) in [5, 5.41) is 2.56. The lowest BCUT2D eigenvalue weighted by Crippen LogP contribution is -2.21. The number of anilines is 2. The smallest absolute Gasteiger partial charge is 0.340 e. The number of nitrogens with one attached hydrogen (secondary N) is 1. The Morgan fingerprint density at radius 1 is 1.08 bits per heavy atom. The first-order valence-corrected chi connectivity index (χ1v) is 7.18. The Labute approximate surface area is 143 Å². The van der Waals surface area contributed by atoms with Gasteiger partial charge in [-0.25, -0.2) is 9.18 Å². The van der Waals surface area contributed by atoms with Crippen molar-refractivity contribution in [2.45, 2.75) is 0 Å². The van der Waals surface area contributed by atoms with Crippen LogP contribution in [-0.4, -0.2) is 32.7 Å². The monoisotopic (exact) mass is 348 g/mol. The third kappa shape index (κ3) is 4.60. The Morgan fingerprint density at radius 2 is 1.80 bits per heavy atom. The Morgan fingerprint density at radius 3 is 2.44 bits per heavy atom. The van der Waals surface area contributed by atoms with E-state index >= 15 is 0 Å². The van der Waals surface area contributed by atoms with Crippen LogP contribution in [0.15, 0.2) is 36.4 Å². The van der Waals surface area contributed by atoms with Crippen molar-refractivity contribution in [3.05, 3.63) is 47.8 Å². The Bertz CT molecular complexity index is 795. The van der Waals surface area contributed by atoms with E-state index in [0.717, 1.165) is 12.1 Å². The van der Waals surface area contributed by atoms with Crippen LogP contribution in [0.5, 0.6) is 11.5 Å². The molecule has 0 spiro atoms. The molecule has 0 aliphatic rings. The second-order valence-electron chi connectivity index (χ2n) is 4.93. The highest BCUT2D eigenvalue weighted by atomic mass is 19.1. The molecule has 0 fully saturated rings. The third-order valence-corrected chi connectivity index (χ3v) is 3.24. The molecule has 7 nitrogen and oxygen atoms in total. The molecule has 0 aliphatic heterocycles. The first kappa shape index (κ1) is 18.1. The number of rotatable bonds is 6. The summed E-state index contributed by atoms with van der Waals surface area (Å²) in [5.74, 6) is -0.989. The molecule has 0 unspecified atom stereocenters. The van der Waals surface area contributed by atoms with Crippen molar-refractivity contribution in [3.63, 3.8) is 0 Å². The SMILES string of the molecule is COc1ccc(NC(=O)COC(=O)c2ccc(F)cc2N)cc1OC. The van der Waals surface area contributed by atoms with Gasteiger partial charge in [0.1, 0.15) is 5.82 Å². The molecule has 132 valence electrons. The van der Waals surface area contributed by atoms with Crippen LogP contribution >= 0.6 is 0 Å². The van der Waals surface area contributed by atoms with Crippen LogP contribution in [-0.2, 0) is 9.53 Å². The summed E-state index contributed by atoms with van der Waals surface area (Å²) in [4.78, 5) is 23.8.